The van der Waals surface area contributed by atoms with Gasteiger partial charge >= 0.3 is 5.97 Å². The number of esters is 1. The van der Waals surface area contributed by atoms with Crippen LogP contribution >= 0.6 is 15.9 Å². The van der Waals surface area contributed by atoms with E-state index in [1.54, 1.807) is 18.5 Å². The normalized spacial score (nSPS) is 10.3. The van der Waals surface area contributed by atoms with Crippen molar-refractivity contribution < 1.29 is 9.53 Å². The van der Waals surface area contributed by atoms with E-state index in [4.69, 9.17) is 4.74 Å². The maximum atomic E-state index is 11.9. The van der Waals surface area contributed by atoms with E-state index < -0.39 is 0 Å². The van der Waals surface area contributed by atoms with Crippen LogP contribution in [0.15, 0.2) is 41.7 Å². The molecule has 0 saturated carbocycles. The monoisotopic (exact) mass is 334 g/mol. The van der Waals surface area contributed by atoms with Crippen molar-refractivity contribution in [2.24, 2.45) is 0 Å². The third-order valence-electron chi connectivity index (χ3n) is 3.10. The molecular formula is C15H15BrN2O2. The molecule has 0 aromatic carbocycles. The van der Waals surface area contributed by atoms with Gasteiger partial charge in [-0.1, -0.05) is 6.08 Å². The summed E-state index contributed by atoms with van der Waals surface area (Å²) in [7, 11) is 1.38. The van der Waals surface area contributed by atoms with E-state index in [-0.39, 0.29) is 5.97 Å². The summed E-state index contributed by atoms with van der Waals surface area (Å²) in [6.45, 7) is 6.26. The van der Waals surface area contributed by atoms with Gasteiger partial charge in [0.05, 0.1) is 22.8 Å². The first-order valence-corrected chi connectivity index (χ1v) is 6.89. The molecule has 5 heteroatoms. The van der Waals surface area contributed by atoms with Gasteiger partial charge in [-0.2, -0.15) is 0 Å². The first-order valence-electron chi connectivity index (χ1n) is 6.10. The Labute approximate surface area is 126 Å². The highest BCUT2D eigenvalue weighted by atomic mass is 79.9. The third-order valence-corrected chi connectivity index (χ3v) is 3.87. The number of aromatic nitrogens is 2. The summed E-state index contributed by atoms with van der Waals surface area (Å²) in [5.74, 6) is -0.359. The number of ether oxygens (including phenoxy) is 1. The average molecular weight is 335 g/mol. The molecule has 4 nitrogen and oxygen atoms in total. The highest BCUT2D eigenvalue weighted by molar-refractivity contribution is 9.10. The number of nitrogens with zero attached hydrogens (tertiary/aromatic N) is 2. The van der Waals surface area contributed by atoms with Crippen LogP contribution in [0.25, 0.3) is 11.3 Å². The molecule has 104 valence electrons. The zero-order valence-electron chi connectivity index (χ0n) is 11.4. The second-order valence-corrected chi connectivity index (χ2v) is 5.05. The van der Waals surface area contributed by atoms with Gasteiger partial charge < -0.3 is 9.30 Å². The molecule has 2 rings (SSSR count). The Morgan fingerprint density at radius 1 is 1.60 bits per heavy atom. The number of halogens is 1. The summed E-state index contributed by atoms with van der Waals surface area (Å²) in [4.78, 5) is 16.1. The van der Waals surface area contributed by atoms with E-state index in [2.05, 4.69) is 27.5 Å². The van der Waals surface area contributed by atoms with Crippen LogP contribution in [-0.2, 0) is 11.3 Å². The van der Waals surface area contributed by atoms with Crippen molar-refractivity contribution >= 4 is 21.9 Å². The fourth-order valence-electron chi connectivity index (χ4n) is 2.18. The van der Waals surface area contributed by atoms with Crippen molar-refractivity contribution in [3.05, 3.63) is 52.9 Å². The Balaban J connectivity index is 2.72. The molecular weight excluding hydrogens is 320 g/mol. The summed E-state index contributed by atoms with van der Waals surface area (Å²) in [5.41, 5.74) is 3.20. The van der Waals surface area contributed by atoms with Gasteiger partial charge in [-0.3, -0.25) is 4.98 Å². The fraction of sp³-hybridized carbons (Fsp3) is 0.200. The molecule has 20 heavy (non-hydrogen) atoms. The Morgan fingerprint density at radius 2 is 2.35 bits per heavy atom. The minimum atomic E-state index is -0.359. The fourth-order valence-corrected chi connectivity index (χ4v) is 3.07. The standard InChI is InChI=1S/C15H15BrN2O2/c1-4-8-18-10(2)12(15(19)20-3)13(16)14(18)11-6-5-7-17-9-11/h4-7,9H,1,8H2,2-3H3. The SMILES string of the molecule is C=CCn1c(C)c(C(=O)OC)c(Br)c1-c1cccnc1. The number of pyridine rings is 1. The molecule has 2 aromatic rings. The van der Waals surface area contributed by atoms with Crippen molar-refractivity contribution in [1.82, 2.24) is 9.55 Å². The van der Waals surface area contributed by atoms with E-state index in [0.29, 0.717) is 12.1 Å². The molecule has 0 aliphatic carbocycles. The van der Waals surface area contributed by atoms with Crippen molar-refractivity contribution in [3.63, 3.8) is 0 Å². The number of carbonyl (C=O) groups is 1. The number of hydrogen-bond acceptors (Lipinski definition) is 3. The van der Waals surface area contributed by atoms with Gasteiger partial charge in [0.1, 0.15) is 0 Å². The molecule has 0 fully saturated rings. The summed E-state index contributed by atoms with van der Waals surface area (Å²) in [6, 6.07) is 3.81. The maximum absolute atomic E-state index is 11.9. The van der Waals surface area contributed by atoms with Gasteiger partial charge in [0.25, 0.3) is 0 Å². The first kappa shape index (κ1) is 14.5. The van der Waals surface area contributed by atoms with Gasteiger partial charge in [0.15, 0.2) is 0 Å². The molecule has 0 saturated heterocycles. The topological polar surface area (TPSA) is 44.1 Å². The maximum Gasteiger partial charge on any atom is 0.340 e. The van der Waals surface area contributed by atoms with Crippen LogP contribution in [-0.4, -0.2) is 22.6 Å². The van der Waals surface area contributed by atoms with E-state index >= 15 is 0 Å². The van der Waals surface area contributed by atoms with Crippen molar-refractivity contribution in [2.45, 2.75) is 13.5 Å². The lowest BCUT2D eigenvalue weighted by atomic mass is 10.2. The predicted octanol–water partition coefficient (Wildman–Crippen LogP) is 3.59. The molecule has 0 atom stereocenters. The zero-order chi connectivity index (χ0) is 14.7. The largest absolute Gasteiger partial charge is 0.465 e. The summed E-state index contributed by atoms with van der Waals surface area (Å²) in [6.07, 6.45) is 5.27. The second-order valence-electron chi connectivity index (χ2n) is 4.26. The number of rotatable bonds is 4. The van der Waals surface area contributed by atoms with Crippen molar-refractivity contribution in [3.8, 4) is 11.3 Å². The van der Waals surface area contributed by atoms with Crippen LogP contribution in [0.5, 0.6) is 0 Å². The van der Waals surface area contributed by atoms with Crippen LogP contribution in [0.1, 0.15) is 16.1 Å². The average Bonchev–Trinajstić information content (AvgIpc) is 2.71. The van der Waals surface area contributed by atoms with Crippen LogP contribution < -0.4 is 0 Å². The van der Waals surface area contributed by atoms with Crippen LogP contribution in [0.2, 0.25) is 0 Å². The minimum Gasteiger partial charge on any atom is -0.465 e. The lowest BCUT2D eigenvalue weighted by Crippen LogP contribution is -2.05. The van der Waals surface area contributed by atoms with Gasteiger partial charge in [-0.15, -0.1) is 6.58 Å². The smallest absolute Gasteiger partial charge is 0.340 e. The van der Waals surface area contributed by atoms with Crippen LogP contribution in [0, 0.1) is 6.92 Å². The quantitative estimate of drug-likeness (QED) is 0.633. The van der Waals surface area contributed by atoms with Crippen LogP contribution in [0.4, 0.5) is 0 Å². The second kappa shape index (κ2) is 6.05. The highest BCUT2D eigenvalue weighted by Gasteiger charge is 2.24. The van der Waals surface area contributed by atoms with Crippen molar-refractivity contribution in [1.29, 1.82) is 0 Å². The van der Waals surface area contributed by atoms with Crippen LogP contribution in [0.3, 0.4) is 0 Å². The Morgan fingerprint density at radius 3 is 2.90 bits per heavy atom. The molecule has 0 radical (unpaired) electrons. The Kier molecular flexibility index (Phi) is 4.39. The molecule has 0 spiro atoms. The molecule has 0 bridgehead atoms. The number of hydrogen-bond donors (Lipinski definition) is 0. The summed E-state index contributed by atoms with van der Waals surface area (Å²) < 4.78 is 7.59. The molecule has 0 N–H and O–H groups in total. The molecule has 2 heterocycles. The Bertz CT molecular complexity index is 648. The van der Waals surface area contributed by atoms with Gasteiger partial charge in [-0.25, -0.2) is 4.79 Å². The summed E-state index contributed by atoms with van der Waals surface area (Å²) >= 11 is 3.52. The minimum absolute atomic E-state index is 0.359. The van der Waals surface area contributed by atoms with E-state index in [1.807, 2.05) is 23.6 Å². The highest BCUT2D eigenvalue weighted by Crippen LogP contribution is 2.36. The van der Waals surface area contributed by atoms with Gasteiger partial charge in [-0.05, 0) is 35.0 Å². The van der Waals surface area contributed by atoms with E-state index in [0.717, 1.165) is 21.4 Å². The molecule has 0 aliphatic rings. The molecule has 2 aromatic heterocycles. The number of methoxy groups -OCH3 is 1. The zero-order valence-corrected chi connectivity index (χ0v) is 13.0. The van der Waals surface area contributed by atoms with E-state index in [1.165, 1.54) is 7.11 Å². The molecule has 0 amide bonds. The summed E-state index contributed by atoms with van der Waals surface area (Å²) in [5, 5.41) is 0. The lowest BCUT2D eigenvalue weighted by molar-refractivity contribution is 0.0599. The first-order chi connectivity index (χ1) is 9.61. The van der Waals surface area contributed by atoms with Gasteiger partial charge in [0, 0.05) is 30.2 Å². The number of allylic oxidation sites excluding steroid dienone is 1. The molecule has 0 unspecified atom stereocenters. The third kappa shape index (κ3) is 2.41. The Hall–Kier alpha value is -1.88. The van der Waals surface area contributed by atoms with Gasteiger partial charge in [0.2, 0.25) is 0 Å². The predicted molar refractivity (Wildman–Crippen MR) is 81.6 cm³/mol. The van der Waals surface area contributed by atoms with E-state index in [9.17, 15) is 4.79 Å². The molecule has 0 aliphatic heterocycles. The number of carbonyl (C=O) groups excluding carboxylic acids is 1. The van der Waals surface area contributed by atoms with Crippen molar-refractivity contribution in [2.75, 3.05) is 7.11 Å². The lowest BCUT2D eigenvalue weighted by Gasteiger charge is -2.09.